The van der Waals surface area contributed by atoms with Crippen LogP contribution < -0.4 is 16.0 Å². The number of rotatable bonds is 6. The van der Waals surface area contributed by atoms with E-state index < -0.39 is 0 Å². The molecule has 0 bridgehead atoms. The highest BCUT2D eigenvalue weighted by Gasteiger charge is 2.22. The molecule has 0 radical (unpaired) electrons. The van der Waals surface area contributed by atoms with Crippen molar-refractivity contribution in [3.63, 3.8) is 0 Å². The molecule has 5 nitrogen and oxygen atoms in total. The van der Waals surface area contributed by atoms with E-state index in [1.54, 1.807) is 0 Å². The standard InChI is InChI=1S/C19H29N5/c1-2-23-13-5-6-18(23)15-22-19(20)21-14-16-7-9-17(10-8-16)24-11-3-4-12-24/h3-4,7-10,18H,2,5-6,11-15H2,1H3,(H3,20,21,22). The number of nitrogens with zero attached hydrogens (tertiary/aromatic N) is 3. The van der Waals surface area contributed by atoms with Crippen molar-refractivity contribution in [3.8, 4) is 0 Å². The molecule has 3 N–H and O–H groups in total. The molecule has 0 aromatic heterocycles. The van der Waals surface area contributed by atoms with Crippen LogP contribution in [0.1, 0.15) is 25.3 Å². The summed E-state index contributed by atoms with van der Waals surface area (Å²) in [6, 6.07) is 9.20. The summed E-state index contributed by atoms with van der Waals surface area (Å²) in [6.07, 6.45) is 6.94. The van der Waals surface area contributed by atoms with Gasteiger partial charge in [0.15, 0.2) is 5.96 Å². The number of guanidine groups is 1. The van der Waals surface area contributed by atoms with Gasteiger partial charge in [0.05, 0.1) is 6.54 Å². The highest BCUT2D eigenvalue weighted by Crippen LogP contribution is 2.18. The zero-order valence-corrected chi connectivity index (χ0v) is 14.6. The first-order valence-corrected chi connectivity index (χ1v) is 9.03. The molecule has 1 aromatic rings. The van der Waals surface area contributed by atoms with Crippen LogP contribution in [0, 0.1) is 0 Å². The minimum Gasteiger partial charge on any atom is -0.370 e. The molecule has 130 valence electrons. The second-order valence-corrected chi connectivity index (χ2v) is 6.55. The van der Waals surface area contributed by atoms with E-state index in [-0.39, 0.29) is 0 Å². The fourth-order valence-electron chi connectivity index (χ4n) is 3.50. The van der Waals surface area contributed by atoms with Crippen LogP contribution in [0.15, 0.2) is 41.4 Å². The van der Waals surface area contributed by atoms with Crippen molar-refractivity contribution in [2.45, 2.75) is 32.4 Å². The Bertz CT molecular complexity index is 570. The van der Waals surface area contributed by atoms with Gasteiger partial charge in [-0.3, -0.25) is 4.90 Å². The second kappa shape index (κ2) is 8.20. The van der Waals surface area contributed by atoms with Crippen LogP contribution in [-0.4, -0.2) is 49.6 Å². The maximum Gasteiger partial charge on any atom is 0.188 e. The molecule has 24 heavy (non-hydrogen) atoms. The summed E-state index contributed by atoms with van der Waals surface area (Å²) in [4.78, 5) is 9.32. The average Bonchev–Trinajstić information content (AvgIpc) is 3.29. The van der Waals surface area contributed by atoms with Crippen LogP contribution in [0.4, 0.5) is 5.69 Å². The Balaban J connectivity index is 1.46. The molecule has 1 saturated heterocycles. The van der Waals surface area contributed by atoms with Gasteiger partial charge < -0.3 is 16.0 Å². The van der Waals surface area contributed by atoms with Crippen molar-refractivity contribution < 1.29 is 0 Å². The van der Waals surface area contributed by atoms with Gasteiger partial charge in [-0.05, 0) is 43.6 Å². The number of anilines is 1. The maximum atomic E-state index is 6.02. The molecular weight excluding hydrogens is 298 g/mol. The molecule has 1 atom stereocenters. The first kappa shape index (κ1) is 16.8. The van der Waals surface area contributed by atoms with Gasteiger partial charge in [-0.1, -0.05) is 31.2 Å². The summed E-state index contributed by atoms with van der Waals surface area (Å²) in [7, 11) is 0. The molecule has 0 aliphatic carbocycles. The van der Waals surface area contributed by atoms with E-state index in [1.165, 1.54) is 30.6 Å². The van der Waals surface area contributed by atoms with E-state index in [9.17, 15) is 0 Å². The third-order valence-corrected chi connectivity index (χ3v) is 4.98. The van der Waals surface area contributed by atoms with Gasteiger partial charge >= 0.3 is 0 Å². The largest absolute Gasteiger partial charge is 0.370 e. The number of nitrogens with two attached hydrogens (primary N) is 1. The van der Waals surface area contributed by atoms with Gasteiger partial charge in [-0.2, -0.15) is 0 Å². The predicted molar refractivity (Wildman–Crippen MR) is 101 cm³/mol. The van der Waals surface area contributed by atoms with E-state index in [0.29, 0.717) is 18.5 Å². The maximum absolute atomic E-state index is 6.02. The van der Waals surface area contributed by atoms with Gasteiger partial charge in [0.1, 0.15) is 0 Å². The fraction of sp³-hybridized carbons (Fsp3) is 0.526. The van der Waals surface area contributed by atoms with E-state index in [2.05, 4.69) is 63.5 Å². The summed E-state index contributed by atoms with van der Waals surface area (Å²) in [5, 5.41) is 3.28. The van der Waals surface area contributed by atoms with Gasteiger partial charge in [0.2, 0.25) is 0 Å². The Labute approximate surface area is 145 Å². The lowest BCUT2D eigenvalue weighted by atomic mass is 10.2. The first-order valence-electron chi connectivity index (χ1n) is 9.03. The van der Waals surface area contributed by atoms with Crippen LogP contribution in [0.25, 0.3) is 0 Å². The molecule has 5 heteroatoms. The third kappa shape index (κ3) is 4.29. The molecule has 1 aromatic carbocycles. The van der Waals surface area contributed by atoms with Crippen molar-refractivity contribution in [2.75, 3.05) is 37.6 Å². The fourth-order valence-corrected chi connectivity index (χ4v) is 3.50. The zero-order valence-electron chi connectivity index (χ0n) is 14.6. The zero-order chi connectivity index (χ0) is 16.8. The van der Waals surface area contributed by atoms with Crippen LogP contribution in [0.3, 0.4) is 0 Å². The highest BCUT2D eigenvalue weighted by atomic mass is 15.2. The normalized spacial score (nSPS) is 21.6. The first-order chi connectivity index (χ1) is 11.8. The van der Waals surface area contributed by atoms with Gasteiger partial charge in [0.25, 0.3) is 0 Å². The molecule has 3 rings (SSSR count). The van der Waals surface area contributed by atoms with Gasteiger partial charge in [0, 0.05) is 31.4 Å². The number of hydrogen-bond donors (Lipinski definition) is 2. The summed E-state index contributed by atoms with van der Waals surface area (Å²) < 4.78 is 0. The van der Waals surface area contributed by atoms with E-state index in [4.69, 9.17) is 5.73 Å². The van der Waals surface area contributed by atoms with Gasteiger partial charge in [-0.15, -0.1) is 0 Å². The van der Waals surface area contributed by atoms with Crippen LogP contribution in [0.2, 0.25) is 0 Å². The highest BCUT2D eigenvalue weighted by molar-refractivity contribution is 5.77. The lowest BCUT2D eigenvalue weighted by Gasteiger charge is -2.23. The molecule has 1 fully saturated rings. The Hall–Kier alpha value is -2.01. The number of hydrogen-bond acceptors (Lipinski definition) is 3. The summed E-state index contributed by atoms with van der Waals surface area (Å²) in [5.74, 6) is 0.547. The number of benzene rings is 1. The van der Waals surface area contributed by atoms with E-state index in [1.807, 2.05) is 0 Å². The summed E-state index contributed by atoms with van der Waals surface area (Å²) >= 11 is 0. The SMILES string of the molecule is CCN1CCCC1CNC(N)=NCc1ccc(N2CC=CC2)cc1. The average molecular weight is 327 g/mol. The Kier molecular flexibility index (Phi) is 5.75. The summed E-state index contributed by atoms with van der Waals surface area (Å²) in [6.45, 7) is 8.07. The predicted octanol–water partition coefficient (Wildman–Crippen LogP) is 1.95. The van der Waals surface area contributed by atoms with Gasteiger partial charge in [-0.25, -0.2) is 4.99 Å². The lowest BCUT2D eigenvalue weighted by molar-refractivity contribution is 0.267. The number of likely N-dealkylation sites (tertiary alicyclic amines) is 1. The Morgan fingerprint density at radius 3 is 2.71 bits per heavy atom. The number of aliphatic imine (C=N–C) groups is 1. The van der Waals surface area contributed by atoms with Crippen molar-refractivity contribution in [2.24, 2.45) is 10.7 Å². The number of likely N-dealkylation sites (N-methyl/N-ethyl adjacent to an activating group) is 1. The summed E-state index contributed by atoms with van der Waals surface area (Å²) in [5.41, 5.74) is 8.47. The van der Waals surface area contributed by atoms with Crippen molar-refractivity contribution >= 4 is 11.6 Å². The molecule has 2 heterocycles. The quantitative estimate of drug-likeness (QED) is 0.476. The van der Waals surface area contributed by atoms with E-state index >= 15 is 0 Å². The Morgan fingerprint density at radius 2 is 2.00 bits per heavy atom. The molecule has 2 aliphatic heterocycles. The number of nitrogens with one attached hydrogen (secondary N) is 1. The third-order valence-electron chi connectivity index (χ3n) is 4.98. The van der Waals surface area contributed by atoms with Crippen LogP contribution in [0.5, 0.6) is 0 Å². The molecule has 1 unspecified atom stereocenters. The topological polar surface area (TPSA) is 56.9 Å². The minimum absolute atomic E-state index is 0.547. The minimum atomic E-state index is 0.547. The van der Waals surface area contributed by atoms with Crippen molar-refractivity contribution in [1.82, 2.24) is 10.2 Å². The second-order valence-electron chi connectivity index (χ2n) is 6.55. The molecule has 2 aliphatic rings. The molecular formula is C19H29N5. The van der Waals surface area contributed by atoms with Crippen LogP contribution >= 0.6 is 0 Å². The molecule has 0 saturated carbocycles. The van der Waals surface area contributed by atoms with E-state index in [0.717, 1.165) is 26.2 Å². The lowest BCUT2D eigenvalue weighted by Crippen LogP contribution is -2.42. The Morgan fingerprint density at radius 1 is 1.25 bits per heavy atom. The van der Waals surface area contributed by atoms with Crippen molar-refractivity contribution in [1.29, 1.82) is 0 Å². The monoisotopic (exact) mass is 327 g/mol. The molecule has 0 amide bonds. The van der Waals surface area contributed by atoms with Crippen molar-refractivity contribution in [3.05, 3.63) is 42.0 Å². The smallest absolute Gasteiger partial charge is 0.188 e. The van der Waals surface area contributed by atoms with Crippen LogP contribution in [-0.2, 0) is 6.54 Å². The molecule has 0 spiro atoms.